The zero-order valence-corrected chi connectivity index (χ0v) is 77.5. The third-order valence-electron chi connectivity index (χ3n) is 26.4. The van der Waals surface area contributed by atoms with E-state index >= 15 is 0 Å². The Morgan fingerprint density at radius 1 is 0.310 bits per heavy atom. The first-order chi connectivity index (χ1) is 60.7. The first kappa shape index (κ1) is 95.5. The van der Waals surface area contributed by atoms with Gasteiger partial charge in [0.25, 0.3) is 0 Å². The second kappa shape index (κ2) is 46.5. The second-order valence-electron chi connectivity index (χ2n) is 36.2. The lowest BCUT2D eigenvalue weighted by Gasteiger charge is -2.40. The van der Waals surface area contributed by atoms with Gasteiger partial charge in [-0.1, -0.05) is 126 Å². The van der Waals surface area contributed by atoms with Gasteiger partial charge in [-0.3, -0.25) is 4.98 Å². The number of nitrogens with one attached hydrogen (secondary N) is 4. The zero-order valence-electron chi connectivity index (χ0n) is 74.2. The Labute approximate surface area is 749 Å². The van der Waals surface area contributed by atoms with Crippen molar-refractivity contribution in [2.75, 3.05) is 123 Å². The second-order valence-corrected chi connectivity index (χ2v) is 43.3. The number of hydrogen-bond acceptors (Lipinski definition) is 23. The first-order valence-corrected chi connectivity index (χ1v) is 53.0. The van der Waals surface area contributed by atoms with Gasteiger partial charge in [-0.05, 0) is 212 Å². The van der Waals surface area contributed by atoms with Gasteiger partial charge in [0.1, 0.15) is 23.8 Å². The predicted octanol–water partition coefficient (Wildman–Crippen LogP) is 13.1. The number of anilines is 4. The van der Waals surface area contributed by atoms with Crippen LogP contribution in [-0.2, 0) is 59.0 Å². The van der Waals surface area contributed by atoms with E-state index in [1.165, 1.54) is 58.4 Å². The van der Waals surface area contributed by atoms with Crippen LogP contribution in [0.1, 0.15) is 185 Å². The number of piperidine rings is 4. The lowest BCUT2D eigenvalue weighted by atomic mass is 9.82. The number of nitrogens with zero attached hydrogens (tertiary/aromatic N) is 11. The lowest BCUT2D eigenvalue weighted by Crippen LogP contribution is -2.53. The number of pyridine rings is 1. The first-order valence-electron chi connectivity index (χ1n) is 45.5. The summed E-state index contributed by atoms with van der Waals surface area (Å²) < 4.78 is 132. The molecule has 4 unspecified atom stereocenters. The quantitative estimate of drug-likeness (QED) is 0.0354. The number of sulfonamides is 4. The van der Waals surface area contributed by atoms with Crippen LogP contribution in [0.4, 0.5) is 23.4 Å². The summed E-state index contributed by atoms with van der Waals surface area (Å²) in [6.07, 6.45) is 39.9. The summed E-state index contributed by atoms with van der Waals surface area (Å²) in [5.41, 5.74) is 8.40. The number of hydrogen-bond donors (Lipinski definition) is 4. The minimum Gasteiger partial charge on any atom is -0.378 e. The Morgan fingerprint density at radius 2 is 0.635 bits per heavy atom. The maximum Gasteiger partial charge on any atom is 0.225 e. The van der Waals surface area contributed by atoms with Gasteiger partial charge in [-0.25, -0.2) is 82.5 Å². The molecule has 8 heterocycles. The molecular weight excluding hydrogens is 1670 g/mol. The fourth-order valence-corrected chi connectivity index (χ4v) is 23.4. The summed E-state index contributed by atoms with van der Waals surface area (Å²) >= 11 is 0. The van der Waals surface area contributed by atoms with E-state index < -0.39 is 40.1 Å². The Morgan fingerprint density at radius 3 is 0.968 bits per heavy atom. The topological polar surface area (TPSA) is 325 Å². The maximum atomic E-state index is 11.9. The van der Waals surface area contributed by atoms with Crippen molar-refractivity contribution in [3.63, 3.8) is 0 Å². The monoisotopic (exact) mass is 1800 g/mol. The molecule has 684 valence electrons. The molecule has 8 atom stereocenters. The van der Waals surface area contributed by atoms with Crippen molar-refractivity contribution in [2.45, 2.75) is 215 Å². The van der Waals surface area contributed by atoms with Crippen molar-refractivity contribution in [2.24, 2.45) is 23.7 Å². The largest absolute Gasteiger partial charge is 0.378 e. The molecule has 8 aliphatic rings. The maximum absolute atomic E-state index is 11.9. The van der Waals surface area contributed by atoms with Crippen LogP contribution in [0.5, 0.6) is 0 Å². The molecule has 0 bridgehead atoms. The molecule has 27 nitrogen and oxygen atoms in total. The fraction of sp³-hybridized carbons (Fsp3) is 0.568. The van der Waals surface area contributed by atoms with E-state index in [4.69, 9.17) is 18.9 Å². The van der Waals surface area contributed by atoms with Gasteiger partial charge in [0.15, 0.2) is 0 Å². The molecule has 0 amide bonds. The number of ether oxygens (including phenoxy) is 4. The summed E-state index contributed by atoms with van der Waals surface area (Å²) in [4.78, 5) is 38.9. The molecule has 4 aliphatic carbocycles. The molecular formula is C95H133N15O12S4. The Kier molecular flexibility index (Phi) is 35.2. The molecule has 31 heteroatoms. The van der Waals surface area contributed by atoms with E-state index in [0.717, 1.165) is 172 Å². The van der Waals surface area contributed by atoms with Crippen LogP contribution in [0.2, 0.25) is 0 Å². The summed E-state index contributed by atoms with van der Waals surface area (Å²) in [6, 6.07) is 48.2. The number of benzene rings is 4. The molecule has 4 saturated heterocycles. The summed E-state index contributed by atoms with van der Waals surface area (Å²) in [5, 5.41) is 0. The normalized spacial score (nSPS) is 27.0. The predicted molar refractivity (Wildman–Crippen MR) is 498 cm³/mol. The van der Waals surface area contributed by atoms with E-state index in [-0.39, 0.29) is 72.3 Å². The highest BCUT2D eigenvalue weighted by Gasteiger charge is 2.39. The van der Waals surface area contributed by atoms with E-state index in [2.05, 4.69) is 196 Å². The minimum absolute atomic E-state index is 0.0547. The molecule has 4 saturated carbocycles. The Hall–Kier alpha value is -8.05. The molecule has 4 N–H and O–H groups in total. The van der Waals surface area contributed by atoms with Gasteiger partial charge in [0.05, 0.1) is 82.1 Å². The molecule has 4 aliphatic heterocycles. The molecule has 16 rings (SSSR count). The van der Waals surface area contributed by atoms with Crippen LogP contribution in [0.15, 0.2) is 189 Å². The Bertz CT molecular complexity index is 4650. The van der Waals surface area contributed by atoms with Crippen LogP contribution < -0.4 is 38.5 Å². The van der Waals surface area contributed by atoms with Crippen molar-refractivity contribution < 1.29 is 52.6 Å². The number of aryl methyl sites for hydroxylation is 2. The molecule has 4 aromatic carbocycles. The van der Waals surface area contributed by atoms with Crippen LogP contribution >= 0.6 is 0 Å². The fourth-order valence-electron chi connectivity index (χ4n) is 20.0. The molecule has 126 heavy (non-hydrogen) atoms. The Balaban J connectivity index is 0.000000144. The smallest absolute Gasteiger partial charge is 0.225 e. The highest BCUT2D eigenvalue weighted by atomic mass is 32.2. The van der Waals surface area contributed by atoms with Crippen LogP contribution in [0, 0.1) is 37.5 Å². The van der Waals surface area contributed by atoms with Crippen molar-refractivity contribution in [3.8, 4) is 0 Å². The third kappa shape index (κ3) is 30.5. The SMILES string of the molecule is CS(=O)(=O)N[C@H]1CCN(c2ccncn2)CC1COC1CCC(c2ccccc2)CC1.CS(=O)(=O)N[C@H]1CCN(c2cnccn2)CC1COC1CCC(c2ccccc2)CC1.CS(=O)(=O)N[C@H]1CCN(c2ncccn2)CC1COC1CCC(c2ccccc2)CC1.Cc1cc(C)cc(C2CCC(OCC3CN(c4ccccn4)CC[C@@H]3NS(C)(=O)=O)CC2)c1. The van der Waals surface area contributed by atoms with E-state index in [1.807, 2.05) is 24.3 Å². The van der Waals surface area contributed by atoms with Crippen molar-refractivity contribution >= 4 is 63.5 Å². The van der Waals surface area contributed by atoms with Gasteiger partial charge in [0.2, 0.25) is 46.0 Å². The molecule has 4 aromatic heterocycles. The average Bonchev–Trinajstić information content (AvgIpc) is 0.829. The van der Waals surface area contributed by atoms with Gasteiger partial charge in [0, 0.05) is 137 Å². The van der Waals surface area contributed by atoms with Crippen LogP contribution in [-0.4, -0.2) is 221 Å². The van der Waals surface area contributed by atoms with E-state index in [0.29, 0.717) is 82.1 Å². The summed E-state index contributed by atoms with van der Waals surface area (Å²) in [5.74, 6) is 6.07. The van der Waals surface area contributed by atoms with Gasteiger partial charge in [-0.2, -0.15) is 0 Å². The molecule has 0 spiro atoms. The molecule has 0 radical (unpaired) electrons. The van der Waals surface area contributed by atoms with Gasteiger partial charge < -0.3 is 38.5 Å². The van der Waals surface area contributed by atoms with Crippen molar-refractivity contribution in [3.05, 3.63) is 223 Å². The number of aromatic nitrogens is 7. The molecule has 8 fully saturated rings. The number of rotatable bonds is 28. The van der Waals surface area contributed by atoms with Gasteiger partial charge in [-0.15, -0.1) is 0 Å². The minimum atomic E-state index is -3.28. The summed E-state index contributed by atoms with van der Waals surface area (Å²) in [6.45, 7) is 12.4. The zero-order chi connectivity index (χ0) is 88.5. The average molecular weight is 1810 g/mol. The van der Waals surface area contributed by atoms with E-state index in [9.17, 15) is 33.7 Å². The van der Waals surface area contributed by atoms with Crippen LogP contribution in [0.25, 0.3) is 0 Å². The standard InChI is InChI=1S/C26H37N3O3S.3C23H32N4O3S/c1-19-14-20(2)16-22(15-19)21-7-9-24(10-8-21)32-18-23-17-29(26-6-4-5-12-27-26)13-11-25(23)28-33(3,30)31;1-31(28,29)26-22-12-15-27(23-24-13-5-14-25-23)16-20(22)17-30-21-10-8-19(9-11-21)18-6-3-2-4-7-18;1-31(28,29)26-22-11-14-27(23-15-24-12-13-25-23)16-20(22)17-30-21-9-7-19(8-10-21)18-5-3-2-4-6-18;1-31(28,29)26-22-12-14-27(23-11-13-24-17-25-23)15-20(22)16-30-21-9-7-19(8-10-21)18-5-3-2-4-6-18/h4-6,12,14-16,21,23-25,28H,7-11,13,17-18H2,1-3H3;2-7,13-14,19-22,26H,8-12,15-17H2,1H3;2-6,12-13,15,19-22,26H,7-11,14,16-17H2,1H3;2-6,11,13,17,19-22,26H,7-10,12,14-16H2,1H3/t21?,23?,24?,25-;3*19?,20?,21?,22-/m0000/s1. The molecule has 8 aromatic rings. The van der Waals surface area contributed by atoms with Gasteiger partial charge >= 0.3 is 0 Å². The lowest BCUT2D eigenvalue weighted by molar-refractivity contribution is -0.00229. The summed E-state index contributed by atoms with van der Waals surface area (Å²) in [7, 11) is -13.1. The van der Waals surface area contributed by atoms with E-state index in [1.54, 1.807) is 55.8 Å². The highest BCUT2D eigenvalue weighted by Crippen LogP contribution is 2.40. The third-order valence-corrected chi connectivity index (χ3v) is 29.3. The highest BCUT2D eigenvalue weighted by molar-refractivity contribution is 7.89. The van der Waals surface area contributed by atoms with Crippen molar-refractivity contribution in [1.82, 2.24) is 53.8 Å². The van der Waals surface area contributed by atoms with Crippen LogP contribution in [0.3, 0.4) is 0 Å². The van der Waals surface area contributed by atoms with Crippen molar-refractivity contribution in [1.29, 1.82) is 0 Å².